The first-order valence-corrected chi connectivity index (χ1v) is 9.93. The van der Waals surface area contributed by atoms with E-state index in [9.17, 15) is 18.4 Å². The molecule has 0 radical (unpaired) electrons. The van der Waals surface area contributed by atoms with Crippen LogP contribution in [-0.4, -0.2) is 73.3 Å². The Kier molecular flexibility index (Phi) is 7.95. The van der Waals surface area contributed by atoms with Crippen LogP contribution in [-0.2, 0) is 4.79 Å². The molecule has 3 amide bonds. The number of rotatable bonds is 8. The zero-order valence-corrected chi connectivity index (χ0v) is 17.5. The summed E-state index contributed by atoms with van der Waals surface area (Å²) in [4.78, 5) is 36.6. The van der Waals surface area contributed by atoms with Gasteiger partial charge in [-0.25, -0.2) is 14.8 Å². The highest BCUT2D eigenvalue weighted by atomic mass is 19.3. The Hall–Kier alpha value is -3.70. The topological polar surface area (TPSA) is 109 Å². The van der Waals surface area contributed by atoms with E-state index < -0.39 is 12.6 Å². The molecule has 32 heavy (non-hydrogen) atoms. The number of aromatic nitrogens is 2. The van der Waals surface area contributed by atoms with E-state index in [0.29, 0.717) is 32.1 Å². The summed E-state index contributed by atoms with van der Waals surface area (Å²) in [7, 11) is 1.32. The van der Waals surface area contributed by atoms with Crippen molar-refractivity contribution >= 4 is 23.6 Å². The molecule has 0 unspecified atom stereocenters. The van der Waals surface area contributed by atoms with E-state index in [1.165, 1.54) is 25.3 Å². The molecule has 0 saturated carbocycles. The Morgan fingerprint density at radius 1 is 1.12 bits per heavy atom. The minimum absolute atomic E-state index is 0.0732. The number of piperazine rings is 1. The van der Waals surface area contributed by atoms with Crippen molar-refractivity contribution in [3.63, 3.8) is 0 Å². The molecule has 1 fully saturated rings. The maximum Gasteiger partial charge on any atom is 0.387 e. The molecule has 0 aliphatic carbocycles. The predicted molar refractivity (Wildman–Crippen MR) is 112 cm³/mol. The maximum absolute atomic E-state index is 12.5. The molecular weight excluding hydrogens is 426 g/mol. The summed E-state index contributed by atoms with van der Waals surface area (Å²) in [5.74, 6) is 0.478. The third-order valence-electron chi connectivity index (χ3n) is 4.73. The number of carbonyl (C=O) groups is 2. The molecule has 1 aromatic heterocycles. The van der Waals surface area contributed by atoms with E-state index in [1.807, 2.05) is 4.90 Å². The largest absolute Gasteiger partial charge is 0.493 e. The monoisotopic (exact) mass is 450 g/mol. The van der Waals surface area contributed by atoms with Crippen LogP contribution < -0.4 is 25.0 Å². The highest BCUT2D eigenvalue weighted by Crippen LogP contribution is 2.31. The lowest BCUT2D eigenvalue weighted by Crippen LogP contribution is -2.49. The van der Waals surface area contributed by atoms with Crippen molar-refractivity contribution in [2.75, 3.05) is 50.1 Å². The quantitative estimate of drug-likeness (QED) is 0.633. The Morgan fingerprint density at radius 2 is 1.84 bits per heavy atom. The van der Waals surface area contributed by atoms with Crippen LogP contribution in [0.5, 0.6) is 11.5 Å². The Morgan fingerprint density at radius 3 is 2.50 bits per heavy atom. The molecular formula is C20H24F2N6O4. The van der Waals surface area contributed by atoms with Gasteiger partial charge in [-0.3, -0.25) is 4.79 Å². The van der Waals surface area contributed by atoms with Crippen molar-refractivity contribution in [3.05, 3.63) is 36.7 Å². The van der Waals surface area contributed by atoms with Crippen molar-refractivity contribution in [1.82, 2.24) is 20.2 Å². The zero-order valence-electron chi connectivity index (χ0n) is 17.5. The van der Waals surface area contributed by atoms with Crippen LogP contribution in [0.25, 0.3) is 0 Å². The summed E-state index contributed by atoms with van der Waals surface area (Å²) in [6.45, 7) is -0.553. The molecule has 2 aromatic rings. The number of nitrogens with zero attached hydrogens (tertiary/aromatic N) is 4. The molecule has 10 nitrogen and oxygen atoms in total. The van der Waals surface area contributed by atoms with Crippen molar-refractivity contribution < 1.29 is 27.8 Å². The number of alkyl halides is 2. The number of benzene rings is 1. The first-order valence-electron chi connectivity index (χ1n) is 9.93. The van der Waals surface area contributed by atoms with E-state index in [1.54, 1.807) is 23.4 Å². The SMILES string of the molecule is COc1ccc(NC(=O)NCCC(=O)N2CCN(c3ncccn3)CC2)cc1OC(F)F. The average Bonchev–Trinajstić information content (AvgIpc) is 2.79. The second kappa shape index (κ2) is 11.1. The lowest BCUT2D eigenvalue weighted by molar-refractivity contribution is -0.131. The molecule has 0 atom stereocenters. The normalized spacial score (nSPS) is 13.6. The predicted octanol–water partition coefficient (Wildman–Crippen LogP) is 1.95. The van der Waals surface area contributed by atoms with Gasteiger partial charge in [0.25, 0.3) is 0 Å². The molecule has 1 saturated heterocycles. The summed E-state index contributed by atoms with van der Waals surface area (Å²) in [5, 5.41) is 5.08. The fourth-order valence-corrected chi connectivity index (χ4v) is 3.17. The lowest BCUT2D eigenvalue weighted by atomic mass is 10.2. The van der Waals surface area contributed by atoms with Crippen LogP contribution in [0.3, 0.4) is 0 Å². The molecule has 0 bridgehead atoms. The van der Waals surface area contributed by atoms with Gasteiger partial charge < -0.3 is 29.9 Å². The van der Waals surface area contributed by atoms with Crippen molar-refractivity contribution in [1.29, 1.82) is 0 Å². The number of nitrogens with one attached hydrogen (secondary N) is 2. The Labute approximate surface area is 183 Å². The third kappa shape index (κ3) is 6.40. The van der Waals surface area contributed by atoms with Gasteiger partial charge in [-0.2, -0.15) is 8.78 Å². The van der Waals surface area contributed by atoms with Gasteiger partial charge in [-0.05, 0) is 18.2 Å². The summed E-state index contributed by atoms with van der Waals surface area (Å²) >= 11 is 0. The first-order chi connectivity index (χ1) is 15.5. The third-order valence-corrected chi connectivity index (χ3v) is 4.73. The van der Waals surface area contributed by atoms with Gasteiger partial charge >= 0.3 is 12.6 Å². The summed E-state index contributed by atoms with van der Waals surface area (Å²) < 4.78 is 34.4. The number of urea groups is 1. The van der Waals surface area contributed by atoms with Gasteiger partial charge in [-0.15, -0.1) is 0 Å². The fraction of sp³-hybridized carbons (Fsp3) is 0.400. The lowest BCUT2D eigenvalue weighted by Gasteiger charge is -2.34. The second-order valence-corrected chi connectivity index (χ2v) is 6.79. The fourth-order valence-electron chi connectivity index (χ4n) is 3.17. The van der Waals surface area contributed by atoms with Crippen LogP contribution in [0.1, 0.15) is 6.42 Å². The van der Waals surface area contributed by atoms with E-state index in [4.69, 9.17) is 4.74 Å². The van der Waals surface area contributed by atoms with Gasteiger partial charge in [0, 0.05) is 63.3 Å². The van der Waals surface area contributed by atoms with E-state index >= 15 is 0 Å². The number of amides is 3. The number of hydrogen-bond donors (Lipinski definition) is 2. The highest BCUT2D eigenvalue weighted by molar-refractivity contribution is 5.90. The number of hydrogen-bond acceptors (Lipinski definition) is 7. The molecule has 1 aliphatic heterocycles. The van der Waals surface area contributed by atoms with Crippen molar-refractivity contribution in [3.8, 4) is 11.5 Å². The molecule has 172 valence electrons. The van der Waals surface area contributed by atoms with Gasteiger partial charge in [0.1, 0.15) is 0 Å². The Bertz CT molecular complexity index is 910. The molecule has 12 heteroatoms. The van der Waals surface area contributed by atoms with Crippen LogP contribution in [0.4, 0.5) is 25.2 Å². The molecule has 2 N–H and O–H groups in total. The maximum atomic E-state index is 12.5. The smallest absolute Gasteiger partial charge is 0.387 e. The van der Waals surface area contributed by atoms with Crippen LogP contribution in [0.15, 0.2) is 36.7 Å². The summed E-state index contributed by atoms with van der Waals surface area (Å²) in [5.41, 5.74) is 0.240. The molecule has 1 aliphatic rings. The minimum Gasteiger partial charge on any atom is -0.493 e. The summed E-state index contributed by atoms with van der Waals surface area (Å²) in [6.07, 6.45) is 3.49. The van der Waals surface area contributed by atoms with E-state index in [0.717, 1.165) is 0 Å². The number of anilines is 2. The summed E-state index contributed by atoms with van der Waals surface area (Å²) in [6, 6.07) is 5.29. The standard InChI is InChI=1S/C20H24F2N6O4/c1-31-15-4-3-14(13-16(15)32-18(21)22)26-20(30)25-8-5-17(29)27-9-11-28(12-10-27)19-23-6-2-7-24-19/h2-4,6-7,13,18H,5,8-12H2,1H3,(H2,25,26,30). The van der Waals surface area contributed by atoms with Gasteiger partial charge in [0.05, 0.1) is 7.11 Å². The van der Waals surface area contributed by atoms with Crippen molar-refractivity contribution in [2.24, 2.45) is 0 Å². The average molecular weight is 450 g/mol. The van der Waals surface area contributed by atoms with Gasteiger partial charge in [0.15, 0.2) is 11.5 Å². The highest BCUT2D eigenvalue weighted by Gasteiger charge is 2.22. The van der Waals surface area contributed by atoms with Crippen molar-refractivity contribution in [2.45, 2.75) is 13.0 Å². The molecule has 1 aromatic carbocycles. The first kappa shape index (κ1) is 23.0. The number of carbonyl (C=O) groups excluding carboxylic acids is 2. The van der Waals surface area contributed by atoms with E-state index in [-0.39, 0.29) is 36.1 Å². The zero-order chi connectivity index (χ0) is 22.9. The minimum atomic E-state index is -3.03. The van der Waals surface area contributed by atoms with Crippen LogP contribution >= 0.6 is 0 Å². The van der Waals surface area contributed by atoms with Crippen LogP contribution in [0.2, 0.25) is 0 Å². The van der Waals surface area contributed by atoms with E-state index in [2.05, 4.69) is 25.3 Å². The van der Waals surface area contributed by atoms with Gasteiger partial charge in [-0.1, -0.05) is 0 Å². The molecule has 3 rings (SSSR count). The number of halogens is 2. The molecule has 2 heterocycles. The van der Waals surface area contributed by atoms with Crippen LogP contribution in [0, 0.1) is 0 Å². The number of methoxy groups -OCH3 is 1. The Balaban J connectivity index is 1.41. The van der Waals surface area contributed by atoms with Gasteiger partial charge in [0.2, 0.25) is 11.9 Å². The number of ether oxygens (including phenoxy) is 2. The molecule has 0 spiro atoms. The second-order valence-electron chi connectivity index (χ2n) is 6.79.